The van der Waals surface area contributed by atoms with Crippen molar-refractivity contribution in [2.75, 3.05) is 20.8 Å². The van der Waals surface area contributed by atoms with E-state index >= 15 is 0 Å². The first-order valence-electron chi connectivity index (χ1n) is 7.62. The highest BCUT2D eigenvalue weighted by Gasteiger charge is 2.11. The van der Waals surface area contributed by atoms with Gasteiger partial charge in [0.25, 0.3) is 5.56 Å². The maximum atomic E-state index is 12.1. The molecule has 24 heavy (non-hydrogen) atoms. The fourth-order valence-electron chi connectivity index (χ4n) is 2.45. The molecule has 0 unspecified atom stereocenters. The Morgan fingerprint density at radius 1 is 1.33 bits per heavy atom. The molecule has 0 bridgehead atoms. The van der Waals surface area contributed by atoms with E-state index in [0.717, 1.165) is 5.69 Å². The molecule has 3 aromatic rings. The largest absolute Gasteiger partial charge is 0.384 e. The molecule has 0 fully saturated rings. The van der Waals surface area contributed by atoms with E-state index in [1.54, 1.807) is 7.11 Å². The topological polar surface area (TPSA) is 102 Å². The van der Waals surface area contributed by atoms with E-state index in [1.807, 2.05) is 24.9 Å². The second-order valence-corrected chi connectivity index (χ2v) is 5.74. The van der Waals surface area contributed by atoms with Crippen molar-refractivity contribution in [3.8, 4) is 0 Å². The predicted octanol–water partition coefficient (Wildman–Crippen LogP) is 0.535. The standard InChI is InChI=1S/C15H20N6O3/c1-10-6-13-16-11(7-15(22)21(13)18-10)8-20(2)9-14-17-12(19-24-14)4-5-23-3/h6-7,18H,4-5,8-9H2,1-3H3. The molecule has 3 aromatic heterocycles. The van der Waals surface area contributed by atoms with Gasteiger partial charge in [0.2, 0.25) is 5.89 Å². The number of ether oxygens (including phenoxy) is 1. The molecule has 9 nitrogen and oxygen atoms in total. The second-order valence-electron chi connectivity index (χ2n) is 5.74. The molecule has 0 radical (unpaired) electrons. The molecule has 0 saturated heterocycles. The lowest BCUT2D eigenvalue weighted by Crippen LogP contribution is -2.22. The SMILES string of the molecule is COCCc1noc(CN(C)Cc2cc(=O)n3[nH]c(C)cc3n2)n1. The number of aryl methyl sites for hydroxylation is 1. The molecule has 0 aliphatic heterocycles. The normalized spacial score (nSPS) is 11.7. The minimum absolute atomic E-state index is 0.129. The molecule has 1 N–H and O–H groups in total. The van der Waals surface area contributed by atoms with E-state index in [2.05, 4.69) is 20.2 Å². The Hall–Kier alpha value is -2.52. The van der Waals surface area contributed by atoms with Crippen molar-refractivity contribution in [2.24, 2.45) is 0 Å². The van der Waals surface area contributed by atoms with E-state index in [0.29, 0.717) is 49.2 Å². The van der Waals surface area contributed by atoms with E-state index < -0.39 is 0 Å². The number of hydrogen-bond donors (Lipinski definition) is 1. The summed E-state index contributed by atoms with van der Waals surface area (Å²) in [7, 11) is 3.54. The highest BCUT2D eigenvalue weighted by atomic mass is 16.5. The maximum Gasteiger partial charge on any atom is 0.272 e. The summed E-state index contributed by atoms with van der Waals surface area (Å²) in [4.78, 5) is 22.8. The van der Waals surface area contributed by atoms with Crippen LogP contribution in [0.1, 0.15) is 23.1 Å². The number of hydrogen-bond acceptors (Lipinski definition) is 7. The summed E-state index contributed by atoms with van der Waals surface area (Å²) in [6, 6.07) is 3.36. The fraction of sp³-hybridized carbons (Fsp3) is 0.467. The number of methoxy groups -OCH3 is 1. The average molecular weight is 332 g/mol. The molecule has 0 saturated carbocycles. The third-order valence-corrected chi connectivity index (χ3v) is 3.51. The number of aromatic amines is 1. The smallest absolute Gasteiger partial charge is 0.272 e. The summed E-state index contributed by atoms with van der Waals surface area (Å²) in [5.74, 6) is 1.15. The molecule has 9 heteroatoms. The van der Waals surface area contributed by atoms with Gasteiger partial charge in [0.1, 0.15) is 0 Å². The molecule has 0 atom stereocenters. The van der Waals surface area contributed by atoms with Gasteiger partial charge in [-0.3, -0.25) is 14.8 Å². The summed E-state index contributed by atoms with van der Waals surface area (Å²) in [6.07, 6.45) is 0.617. The Morgan fingerprint density at radius 3 is 2.96 bits per heavy atom. The van der Waals surface area contributed by atoms with Crippen LogP contribution in [0.2, 0.25) is 0 Å². The van der Waals surface area contributed by atoms with Gasteiger partial charge in [0.15, 0.2) is 11.5 Å². The summed E-state index contributed by atoms with van der Waals surface area (Å²) < 4.78 is 11.6. The van der Waals surface area contributed by atoms with Gasteiger partial charge in [-0.05, 0) is 14.0 Å². The highest BCUT2D eigenvalue weighted by molar-refractivity contribution is 5.39. The van der Waals surface area contributed by atoms with Gasteiger partial charge in [-0.1, -0.05) is 5.16 Å². The second kappa shape index (κ2) is 6.93. The Morgan fingerprint density at radius 2 is 2.17 bits per heavy atom. The lowest BCUT2D eigenvalue weighted by molar-refractivity contribution is 0.199. The third-order valence-electron chi connectivity index (χ3n) is 3.51. The first-order valence-corrected chi connectivity index (χ1v) is 7.62. The van der Waals surface area contributed by atoms with Gasteiger partial charge in [-0.15, -0.1) is 0 Å². The van der Waals surface area contributed by atoms with Crippen LogP contribution >= 0.6 is 0 Å². The first kappa shape index (κ1) is 16.3. The van der Waals surface area contributed by atoms with Crippen LogP contribution in [-0.4, -0.2) is 50.4 Å². The van der Waals surface area contributed by atoms with Crippen LogP contribution in [0.15, 0.2) is 21.5 Å². The minimum Gasteiger partial charge on any atom is -0.384 e. The lowest BCUT2D eigenvalue weighted by Gasteiger charge is -2.13. The number of aromatic nitrogens is 5. The van der Waals surface area contributed by atoms with Crippen LogP contribution in [0.4, 0.5) is 0 Å². The average Bonchev–Trinajstić information content (AvgIpc) is 3.11. The molecule has 0 spiro atoms. The molecule has 0 aromatic carbocycles. The summed E-state index contributed by atoms with van der Waals surface area (Å²) in [5.41, 5.74) is 2.07. The quantitative estimate of drug-likeness (QED) is 0.673. The van der Waals surface area contributed by atoms with E-state index in [-0.39, 0.29) is 5.56 Å². The molecule has 0 aliphatic carbocycles. The van der Waals surface area contributed by atoms with Crippen LogP contribution in [0.25, 0.3) is 5.65 Å². The Balaban J connectivity index is 1.67. The first-order chi connectivity index (χ1) is 11.5. The molecule has 3 heterocycles. The summed E-state index contributed by atoms with van der Waals surface area (Å²) >= 11 is 0. The third kappa shape index (κ3) is 3.69. The van der Waals surface area contributed by atoms with E-state index in [9.17, 15) is 4.79 Å². The molecule has 0 aliphatic rings. The zero-order valence-corrected chi connectivity index (χ0v) is 13.9. The minimum atomic E-state index is -0.129. The molecule has 0 amide bonds. The highest BCUT2D eigenvalue weighted by Crippen LogP contribution is 2.07. The molecule has 128 valence electrons. The molecule has 3 rings (SSSR count). The van der Waals surface area contributed by atoms with Gasteiger partial charge in [0, 0.05) is 37.9 Å². The number of fused-ring (bicyclic) bond motifs is 1. The summed E-state index contributed by atoms with van der Waals surface area (Å²) in [5, 5.41) is 6.86. The molecular formula is C15H20N6O3. The van der Waals surface area contributed by atoms with Crippen LogP contribution < -0.4 is 5.56 Å². The van der Waals surface area contributed by atoms with Crippen molar-refractivity contribution in [1.82, 2.24) is 29.6 Å². The van der Waals surface area contributed by atoms with Crippen molar-refractivity contribution in [3.63, 3.8) is 0 Å². The number of rotatable bonds is 7. The van der Waals surface area contributed by atoms with Gasteiger partial charge in [0.05, 0.1) is 18.8 Å². The van der Waals surface area contributed by atoms with Gasteiger partial charge < -0.3 is 9.26 Å². The van der Waals surface area contributed by atoms with Crippen molar-refractivity contribution in [1.29, 1.82) is 0 Å². The lowest BCUT2D eigenvalue weighted by atomic mass is 10.3. The van der Waals surface area contributed by atoms with E-state index in [4.69, 9.17) is 9.26 Å². The van der Waals surface area contributed by atoms with Crippen molar-refractivity contribution < 1.29 is 9.26 Å². The fourth-order valence-corrected chi connectivity index (χ4v) is 2.45. The van der Waals surface area contributed by atoms with Gasteiger partial charge >= 0.3 is 0 Å². The van der Waals surface area contributed by atoms with Crippen molar-refractivity contribution in [3.05, 3.63) is 45.6 Å². The van der Waals surface area contributed by atoms with Crippen LogP contribution in [-0.2, 0) is 24.2 Å². The van der Waals surface area contributed by atoms with Gasteiger partial charge in [-0.25, -0.2) is 9.50 Å². The van der Waals surface area contributed by atoms with Crippen molar-refractivity contribution in [2.45, 2.75) is 26.4 Å². The van der Waals surface area contributed by atoms with Crippen LogP contribution in [0.3, 0.4) is 0 Å². The maximum absolute atomic E-state index is 12.1. The zero-order valence-electron chi connectivity index (χ0n) is 13.9. The Kier molecular flexibility index (Phi) is 4.72. The summed E-state index contributed by atoms with van der Waals surface area (Å²) in [6.45, 7) is 3.42. The Bertz CT molecular complexity index is 881. The van der Waals surface area contributed by atoms with Crippen molar-refractivity contribution >= 4 is 5.65 Å². The predicted molar refractivity (Wildman–Crippen MR) is 85.6 cm³/mol. The zero-order chi connectivity index (χ0) is 17.1. The number of nitrogens with one attached hydrogen (secondary N) is 1. The van der Waals surface area contributed by atoms with E-state index in [1.165, 1.54) is 10.6 Å². The monoisotopic (exact) mass is 332 g/mol. The Labute approximate surface area is 138 Å². The van der Waals surface area contributed by atoms with Gasteiger partial charge in [-0.2, -0.15) is 4.98 Å². The van der Waals surface area contributed by atoms with Crippen LogP contribution in [0.5, 0.6) is 0 Å². The number of H-pyrrole nitrogens is 1. The van der Waals surface area contributed by atoms with Crippen LogP contribution in [0, 0.1) is 6.92 Å². The number of nitrogens with zero attached hydrogens (tertiary/aromatic N) is 5. The molecular weight excluding hydrogens is 312 g/mol.